The molecule has 0 radical (unpaired) electrons. The quantitative estimate of drug-likeness (QED) is 0.446. The fourth-order valence-electron chi connectivity index (χ4n) is 1.21. The van der Waals surface area contributed by atoms with Crippen LogP contribution >= 0.6 is 0 Å². The largest absolute Gasteiger partial charge is 0.342 e. The Kier molecular flexibility index (Phi) is 2.48. The molecule has 1 aliphatic rings. The van der Waals surface area contributed by atoms with Gasteiger partial charge in [-0.15, -0.1) is 5.10 Å². The number of anilines is 1. The molecule has 80 valence electrons. The lowest BCUT2D eigenvalue weighted by molar-refractivity contribution is 0.874. The van der Waals surface area contributed by atoms with Crippen LogP contribution in [0.2, 0.25) is 0 Å². The highest BCUT2D eigenvalue weighted by Crippen LogP contribution is 2.00. The second-order valence-corrected chi connectivity index (χ2v) is 3.04. The normalized spacial score (nSPS) is 14.8. The minimum absolute atomic E-state index is 0.00389. The summed E-state index contributed by atoms with van der Waals surface area (Å²) in [5, 5.41) is 5.64. The van der Waals surface area contributed by atoms with E-state index in [1.54, 1.807) is 0 Å². The van der Waals surface area contributed by atoms with E-state index in [-0.39, 0.29) is 5.82 Å². The first-order chi connectivity index (χ1) is 7.25. The molecule has 0 unspecified atom stereocenters. The van der Waals surface area contributed by atoms with Gasteiger partial charge in [-0.05, 0) is 6.42 Å². The molecule has 8 heteroatoms. The SMILES string of the molecule is O=c1[nH]nc(NNC2=NCCC2)c(=O)[nH]1. The highest BCUT2D eigenvalue weighted by molar-refractivity contribution is 5.84. The van der Waals surface area contributed by atoms with Crippen molar-refractivity contribution in [1.82, 2.24) is 20.6 Å². The molecule has 1 aromatic rings. The number of rotatable bonds is 2. The summed E-state index contributed by atoms with van der Waals surface area (Å²) in [6.45, 7) is 0.791. The summed E-state index contributed by atoms with van der Waals surface area (Å²) in [5.74, 6) is 0.784. The van der Waals surface area contributed by atoms with Gasteiger partial charge in [0.15, 0.2) is 0 Å². The Morgan fingerprint density at radius 1 is 1.27 bits per heavy atom. The van der Waals surface area contributed by atoms with Crippen LogP contribution in [0.15, 0.2) is 14.6 Å². The smallest absolute Gasteiger partial charge is 0.287 e. The molecule has 1 aliphatic heterocycles. The lowest BCUT2D eigenvalue weighted by Gasteiger charge is -2.05. The molecule has 0 amide bonds. The number of hydrazine groups is 1. The van der Waals surface area contributed by atoms with Crippen LogP contribution in [0, 0.1) is 0 Å². The molecule has 15 heavy (non-hydrogen) atoms. The van der Waals surface area contributed by atoms with Gasteiger partial charge in [0.05, 0.1) is 0 Å². The minimum Gasteiger partial charge on any atom is -0.287 e. The second-order valence-electron chi connectivity index (χ2n) is 3.04. The Morgan fingerprint density at radius 3 is 2.80 bits per heavy atom. The molecule has 4 N–H and O–H groups in total. The Labute approximate surface area is 83.8 Å². The molecular formula is C7H10N6O2. The average molecular weight is 210 g/mol. The maximum Gasteiger partial charge on any atom is 0.342 e. The van der Waals surface area contributed by atoms with Gasteiger partial charge < -0.3 is 0 Å². The van der Waals surface area contributed by atoms with Crippen LogP contribution in [0.4, 0.5) is 5.82 Å². The molecule has 8 nitrogen and oxygen atoms in total. The summed E-state index contributed by atoms with van der Waals surface area (Å²) in [4.78, 5) is 28.0. The van der Waals surface area contributed by atoms with Gasteiger partial charge >= 0.3 is 5.69 Å². The molecule has 0 saturated carbocycles. The van der Waals surface area contributed by atoms with Gasteiger partial charge in [-0.2, -0.15) is 0 Å². The topological polar surface area (TPSA) is 115 Å². The van der Waals surface area contributed by atoms with E-state index in [9.17, 15) is 9.59 Å². The molecule has 0 aliphatic carbocycles. The van der Waals surface area contributed by atoms with Crippen LogP contribution in [-0.4, -0.2) is 27.6 Å². The molecule has 0 aromatic carbocycles. The first-order valence-corrected chi connectivity index (χ1v) is 4.50. The number of amidine groups is 1. The van der Waals surface area contributed by atoms with Crippen LogP contribution in [0.3, 0.4) is 0 Å². The highest BCUT2D eigenvalue weighted by atomic mass is 16.2. The zero-order chi connectivity index (χ0) is 10.7. The molecule has 0 spiro atoms. The summed E-state index contributed by atoms with van der Waals surface area (Å²) < 4.78 is 0. The van der Waals surface area contributed by atoms with Crippen molar-refractivity contribution in [2.75, 3.05) is 12.0 Å². The molecule has 2 heterocycles. The van der Waals surface area contributed by atoms with E-state index in [4.69, 9.17) is 0 Å². The number of aromatic amines is 2. The van der Waals surface area contributed by atoms with Crippen LogP contribution in [-0.2, 0) is 0 Å². The summed E-state index contributed by atoms with van der Waals surface area (Å²) in [5.41, 5.74) is 4.12. The lowest BCUT2D eigenvalue weighted by Crippen LogP contribution is -2.34. The van der Waals surface area contributed by atoms with E-state index in [1.165, 1.54) is 0 Å². The predicted octanol–water partition coefficient (Wildman–Crippen LogP) is -1.43. The van der Waals surface area contributed by atoms with Gasteiger partial charge in [0, 0.05) is 13.0 Å². The van der Waals surface area contributed by atoms with Crippen molar-refractivity contribution in [3.05, 3.63) is 20.8 Å². The molecule has 0 saturated heterocycles. The van der Waals surface area contributed by atoms with Gasteiger partial charge in [0.2, 0.25) is 5.82 Å². The van der Waals surface area contributed by atoms with Crippen LogP contribution in [0.1, 0.15) is 12.8 Å². The van der Waals surface area contributed by atoms with Crippen molar-refractivity contribution in [3.8, 4) is 0 Å². The van der Waals surface area contributed by atoms with E-state index in [0.29, 0.717) is 0 Å². The summed E-state index contributed by atoms with van der Waals surface area (Å²) >= 11 is 0. The van der Waals surface area contributed by atoms with Crippen molar-refractivity contribution >= 4 is 11.7 Å². The lowest BCUT2D eigenvalue weighted by atomic mass is 10.3. The summed E-state index contributed by atoms with van der Waals surface area (Å²) in [6.07, 6.45) is 1.84. The zero-order valence-electron chi connectivity index (χ0n) is 7.83. The number of hydrogen-bond acceptors (Lipinski definition) is 6. The van der Waals surface area contributed by atoms with E-state index < -0.39 is 11.2 Å². The van der Waals surface area contributed by atoms with Crippen molar-refractivity contribution in [3.63, 3.8) is 0 Å². The van der Waals surface area contributed by atoms with Crippen LogP contribution < -0.4 is 22.1 Å². The number of nitrogens with zero attached hydrogens (tertiary/aromatic N) is 2. The van der Waals surface area contributed by atoms with Gasteiger partial charge in [0.25, 0.3) is 5.56 Å². The van der Waals surface area contributed by atoms with Crippen molar-refractivity contribution in [2.45, 2.75) is 12.8 Å². The third-order valence-corrected chi connectivity index (χ3v) is 1.91. The Morgan fingerprint density at radius 2 is 2.13 bits per heavy atom. The zero-order valence-corrected chi connectivity index (χ0v) is 7.83. The number of hydrogen-bond donors (Lipinski definition) is 4. The van der Waals surface area contributed by atoms with Gasteiger partial charge in [-0.1, -0.05) is 0 Å². The standard InChI is InChI=1S/C7H10N6O2/c14-6-5(12-13-7(15)9-6)11-10-4-2-1-3-8-4/h1-3H2,(H,8,10)(H,11,12)(H2,9,13,14,15). The van der Waals surface area contributed by atoms with Crippen molar-refractivity contribution in [1.29, 1.82) is 0 Å². The Bertz CT molecular complexity index is 487. The third-order valence-electron chi connectivity index (χ3n) is 1.91. The maximum absolute atomic E-state index is 11.2. The monoisotopic (exact) mass is 210 g/mol. The number of H-pyrrole nitrogens is 2. The fourth-order valence-corrected chi connectivity index (χ4v) is 1.21. The Hall–Kier alpha value is -2.12. The molecular weight excluding hydrogens is 200 g/mol. The second kappa shape index (κ2) is 3.95. The number of aliphatic imine (C=N–C) groups is 1. The highest BCUT2D eigenvalue weighted by Gasteiger charge is 2.06. The summed E-state index contributed by atoms with van der Waals surface area (Å²) in [7, 11) is 0. The van der Waals surface area contributed by atoms with E-state index in [1.807, 2.05) is 4.98 Å². The molecule has 0 fully saturated rings. The molecule has 0 bridgehead atoms. The summed E-state index contributed by atoms with van der Waals surface area (Å²) in [6, 6.07) is 0. The van der Waals surface area contributed by atoms with Gasteiger partial charge in [0.1, 0.15) is 5.84 Å². The van der Waals surface area contributed by atoms with E-state index in [2.05, 4.69) is 26.0 Å². The first-order valence-electron chi connectivity index (χ1n) is 4.50. The average Bonchev–Trinajstić information content (AvgIpc) is 2.69. The van der Waals surface area contributed by atoms with Gasteiger partial charge in [-0.25, -0.2) is 9.89 Å². The number of nitrogens with one attached hydrogen (secondary N) is 4. The molecule has 0 atom stereocenters. The van der Waals surface area contributed by atoms with Gasteiger partial charge in [-0.3, -0.25) is 25.6 Å². The molecule has 2 rings (SSSR count). The van der Waals surface area contributed by atoms with E-state index in [0.717, 1.165) is 25.2 Å². The minimum atomic E-state index is -0.635. The third kappa shape index (κ3) is 2.22. The maximum atomic E-state index is 11.2. The van der Waals surface area contributed by atoms with Crippen molar-refractivity contribution < 1.29 is 0 Å². The van der Waals surface area contributed by atoms with Crippen LogP contribution in [0.5, 0.6) is 0 Å². The number of aromatic nitrogens is 3. The molecule has 1 aromatic heterocycles. The Balaban J connectivity index is 2.05. The first kappa shape index (κ1) is 9.44. The van der Waals surface area contributed by atoms with Crippen molar-refractivity contribution in [2.24, 2.45) is 4.99 Å². The predicted molar refractivity (Wildman–Crippen MR) is 53.8 cm³/mol. The fraction of sp³-hybridized carbons (Fsp3) is 0.429. The van der Waals surface area contributed by atoms with Crippen LogP contribution in [0.25, 0.3) is 0 Å². The van der Waals surface area contributed by atoms with E-state index >= 15 is 0 Å².